The van der Waals surface area contributed by atoms with Crippen molar-refractivity contribution in [3.8, 4) is 0 Å². The third kappa shape index (κ3) is 0.838. The zero-order valence-electron chi connectivity index (χ0n) is 6.35. The van der Waals surface area contributed by atoms with Crippen LogP contribution in [-0.2, 0) is 4.79 Å². The minimum atomic E-state index is -0.689. The molecule has 1 saturated carbocycles. The van der Waals surface area contributed by atoms with Crippen LogP contribution < -0.4 is 0 Å². The van der Waals surface area contributed by atoms with Crippen molar-refractivity contribution in [3.63, 3.8) is 0 Å². The van der Waals surface area contributed by atoms with E-state index < -0.39 is 5.97 Å². The lowest BCUT2D eigenvalue weighted by Crippen LogP contribution is -2.07. The maximum absolute atomic E-state index is 10.4. The van der Waals surface area contributed by atoms with Crippen LogP contribution in [0.1, 0.15) is 20.3 Å². The first-order valence-corrected chi connectivity index (χ1v) is 3.37. The maximum Gasteiger partial charge on any atom is 0.307 e. The van der Waals surface area contributed by atoms with Crippen molar-refractivity contribution < 1.29 is 9.90 Å². The Morgan fingerprint density at radius 1 is 1.80 bits per heavy atom. The molecule has 1 N–H and O–H groups in total. The third-order valence-electron chi connectivity index (χ3n) is 2.51. The van der Waals surface area contributed by atoms with Gasteiger partial charge in [0.25, 0.3) is 0 Å². The van der Waals surface area contributed by atoms with Gasteiger partial charge in [0.05, 0.1) is 5.92 Å². The van der Waals surface area contributed by atoms with Crippen LogP contribution in [0.3, 0.4) is 0 Å². The number of carbonyl (C=O) groups is 1. The SMILES string of the molecule is C=C(C)C1(C)CC1C(=O)O. The van der Waals surface area contributed by atoms with Gasteiger partial charge in [-0.15, -0.1) is 0 Å². The highest BCUT2D eigenvalue weighted by molar-refractivity contribution is 5.75. The lowest BCUT2D eigenvalue weighted by molar-refractivity contribution is -0.139. The molecule has 56 valence electrons. The van der Waals surface area contributed by atoms with E-state index in [2.05, 4.69) is 6.58 Å². The molecule has 2 unspecified atom stereocenters. The highest BCUT2D eigenvalue weighted by atomic mass is 16.4. The minimum Gasteiger partial charge on any atom is -0.481 e. The Morgan fingerprint density at radius 3 is 2.40 bits per heavy atom. The summed E-state index contributed by atoms with van der Waals surface area (Å²) >= 11 is 0. The summed E-state index contributed by atoms with van der Waals surface area (Å²) in [6.07, 6.45) is 0.762. The highest BCUT2D eigenvalue weighted by Gasteiger charge is 2.55. The smallest absolute Gasteiger partial charge is 0.307 e. The first-order valence-electron chi connectivity index (χ1n) is 3.37. The van der Waals surface area contributed by atoms with E-state index in [1.54, 1.807) is 0 Å². The van der Waals surface area contributed by atoms with Crippen LogP contribution in [0.4, 0.5) is 0 Å². The van der Waals surface area contributed by atoms with E-state index in [1.807, 2.05) is 13.8 Å². The van der Waals surface area contributed by atoms with Crippen LogP contribution >= 0.6 is 0 Å². The number of hydrogen-bond acceptors (Lipinski definition) is 1. The molecule has 0 aromatic carbocycles. The fraction of sp³-hybridized carbons (Fsp3) is 0.625. The second-order valence-corrected chi connectivity index (χ2v) is 3.29. The molecule has 1 fully saturated rings. The van der Waals surface area contributed by atoms with E-state index in [1.165, 1.54) is 0 Å². The van der Waals surface area contributed by atoms with Crippen molar-refractivity contribution in [2.24, 2.45) is 11.3 Å². The van der Waals surface area contributed by atoms with Gasteiger partial charge in [-0.1, -0.05) is 19.1 Å². The number of aliphatic carboxylic acids is 1. The predicted octanol–water partition coefficient (Wildman–Crippen LogP) is 1.67. The monoisotopic (exact) mass is 140 g/mol. The summed E-state index contributed by atoms with van der Waals surface area (Å²) in [5, 5.41) is 8.60. The third-order valence-corrected chi connectivity index (χ3v) is 2.51. The van der Waals surface area contributed by atoms with E-state index in [9.17, 15) is 4.79 Å². The van der Waals surface area contributed by atoms with Gasteiger partial charge in [-0.25, -0.2) is 0 Å². The molecule has 0 saturated heterocycles. The Morgan fingerprint density at radius 2 is 2.30 bits per heavy atom. The average molecular weight is 140 g/mol. The summed E-state index contributed by atoms with van der Waals surface area (Å²) in [5.41, 5.74) is 0.881. The Bertz CT molecular complexity index is 195. The van der Waals surface area contributed by atoms with Gasteiger partial charge in [0, 0.05) is 5.41 Å². The minimum absolute atomic E-state index is 0.105. The van der Waals surface area contributed by atoms with E-state index in [4.69, 9.17) is 5.11 Å². The van der Waals surface area contributed by atoms with E-state index >= 15 is 0 Å². The zero-order valence-corrected chi connectivity index (χ0v) is 6.35. The van der Waals surface area contributed by atoms with Crippen molar-refractivity contribution in [2.45, 2.75) is 20.3 Å². The molecule has 1 aliphatic rings. The molecule has 0 spiro atoms. The lowest BCUT2D eigenvalue weighted by Gasteiger charge is -2.06. The summed E-state index contributed by atoms with van der Waals surface area (Å²) in [6, 6.07) is 0. The standard InChI is InChI=1S/C8H12O2/c1-5(2)8(3)4-6(8)7(9)10/h6H,1,4H2,2-3H3,(H,9,10). The molecule has 0 aliphatic heterocycles. The molecule has 0 radical (unpaired) electrons. The topological polar surface area (TPSA) is 37.3 Å². The molecule has 2 heteroatoms. The molecule has 1 aliphatic carbocycles. The summed E-state index contributed by atoms with van der Waals surface area (Å²) in [6.45, 7) is 7.60. The normalized spacial score (nSPS) is 37.2. The van der Waals surface area contributed by atoms with E-state index in [0.29, 0.717) is 0 Å². The second-order valence-electron chi connectivity index (χ2n) is 3.29. The van der Waals surface area contributed by atoms with Crippen LogP contribution in [0.15, 0.2) is 12.2 Å². The maximum atomic E-state index is 10.4. The van der Waals surface area contributed by atoms with Crippen molar-refractivity contribution in [3.05, 3.63) is 12.2 Å². The van der Waals surface area contributed by atoms with Crippen molar-refractivity contribution in [1.82, 2.24) is 0 Å². The molecule has 10 heavy (non-hydrogen) atoms. The molecule has 1 rings (SSSR count). The second kappa shape index (κ2) is 1.84. The molecule has 0 amide bonds. The number of carboxylic acid groups (broad SMARTS) is 1. The molecular weight excluding hydrogens is 128 g/mol. The summed E-state index contributed by atoms with van der Waals surface area (Å²) in [4.78, 5) is 10.4. The van der Waals surface area contributed by atoms with Gasteiger partial charge in [0.2, 0.25) is 0 Å². The number of allylic oxidation sites excluding steroid dienone is 1. The van der Waals surface area contributed by atoms with Crippen LogP contribution in [0.25, 0.3) is 0 Å². The summed E-state index contributed by atoms with van der Waals surface area (Å²) < 4.78 is 0. The number of rotatable bonds is 2. The van der Waals surface area contributed by atoms with E-state index in [-0.39, 0.29) is 11.3 Å². The first-order chi connectivity index (χ1) is 4.48. The zero-order chi connectivity index (χ0) is 7.94. The molecule has 0 heterocycles. The number of hydrogen-bond donors (Lipinski definition) is 1. The fourth-order valence-electron chi connectivity index (χ4n) is 1.20. The molecule has 0 aromatic heterocycles. The number of carboxylic acids is 1. The molecule has 2 nitrogen and oxygen atoms in total. The van der Waals surface area contributed by atoms with Crippen molar-refractivity contribution in [1.29, 1.82) is 0 Å². The highest BCUT2D eigenvalue weighted by Crippen LogP contribution is 2.56. The summed E-state index contributed by atoms with van der Waals surface area (Å²) in [7, 11) is 0. The van der Waals surface area contributed by atoms with Gasteiger partial charge in [0.15, 0.2) is 0 Å². The van der Waals surface area contributed by atoms with Gasteiger partial charge < -0.3 is 5.11 Å². The van der Waals surface area contributed by atoms with Crippen LogP contribution in [0, 0.1) is 11.3 Å². The van der Waals surface area contributed by atoms with E-state index in [0.717, 1.165) is 12.0 Å². The van der Waals surface area contributed by atoms with Crippen molar-refractivity contribution in [2.75, 3.05) is 0 Å². The van der Waals surface area contributed by atoms with Crippen molar-refractivity contribution >= 4 is 5.97 Å². The van der Waals surface area contributed by atoms with Crippen LogP contribution in [0.5, 0.6) is 0 Å². The quantitative estimate of drug-likeness (QED) is 0.592. The average Bonchev–Trinajstić information content (AvgIpc) is 2.43. The first kappa shape index (κ1) is 7.32. The Kier molecular flexibility index (Phi) is 1.35. The lowest BCUT2D eigenvalue weighted by atomic mass is 9.98. The van der Waals surface area contributed by atoms with Gasteiger partial charge in [-0.05, 0) is 13.3 Å². The summed E-state index contributed by atoms with van der Waals surface area (Å²) in [5.74, 6) is -0.865. The predicted molar refractivity (Wildman–Crippen MR) is 38.7 cm³/mol. The Labute approximate surface area is 60.6 Å². The molecule has 0 aromatic rings. The largest absolute Gasteiger partial charge is 0.481 e. The molecular formula is C8H12O2. The molecule has 0 bridgehead atoms. The Balaban J connectivity index is 2.65. The van der Waals surface area contributed by atoms with Gasteiger partial charge in [-0.2, -0.15) is 0 Å². The van der Waals surface area contributed by atoms with Crippen LogP contribution in [-0.4, -0.2) is 11.1 Å². The Hall–Kier alpha value is -0.790. The van der Waals surface area contributed by atoms with Gasteiger partial charge >= 0.3 is 5.97 Å². The molecule has 2 atom stereocenters. The van der Waals surface area contributed by atoms with Crippen LogP contribution in [0.2, 0.25) is 0 Å². The fourth-order valence-corrected chi connectivity index (χ4v) is 1.20. The van der Waals surface area contributed by atoms with Gasteiger partial charge in [0.1, 0.15) is 0 Å². The van der Waals surface area contributed by atoms with Gasteiger partial charge in [-0.3, -0.25) is 4.79 Å².